The van der Waals surface area contributed by atoms with Crippen LogP contribution in [0.5, 0.6) is 0 Å². The Bertz CT molecular complexity index is 492. The van der Waals surface area contributed by atoms with E-state index in [4.69, 9.17) is 5.84 Å². The van der Waals surface area contributed by atoms with Crippen LogP contribution < -0.4 is 11.3 Å². The summed E-state index contributed by atoms with van der Waals surface area (Å²) in [5.74, 6) is 5.06. The quantitative estimate of drug-likeness (QED) is 0.248. The van der Waals surface area contributed by atoms with Gasteiger partial charge in [-0.15, -0.1) is 0 Å². The molecule has 1 aliphatic heterocycles. The Hall–Kier alpha value is -1.63. The summed E-state index contributed by atoms with van der Waals surface area (Å²) >= 11 is 0. The normalized spacial score (nSPS) is 15.8. The third kappa shape index (κ3) is 3.28. The Morgan fingerprint density at radius 1 is 1.30 bits per heavy atom. The maximum atomic E-state index is 12.1. The van der Waals surface area contributed by atoms with Crippen LogP contribution in [0.1, 0.15) is 18.4 Å². The van der Waals surface area contributed by atoms with Crippen LogP contribution in [-0.4, -0.2) is 35.9 Å². The maximum Gasteiger partial charge on any atom is 0.376 e. The van der Waals surface area contributed by atoms with E-state index >= 15 is 0 Å². The molecule has 0 aliphatic carbocycles. The van der Waals surface area contributed by atoms with Crippen molar-refractivity contribution < 1.29 is 9.82 Å². The first-order chi connectivity index (χ1) is 9.63. The molecular weight excluding hydrogens is 253 g/mol. The van der Waals surface area contributed by atoms with Crippen molar-refractivity contribution in [3.05, 3.63) is 41.5 Å². The summed E-state index contributed by atoms with van der Waals surface area (Å²) in [6.45, 7) is 3.27. The SMILES string of the molecule is CB(O)N1CCC(=C(C(=O)NN)c2ccccc2)CC1. The van der Waals surface area contributed by atoms with Gasteiger partial charge in [0.15, 0.2) is 0 Å². The standard InChI is InChI=1S/C14H20BN3O2/c1-15(20)18-9-7-12(8-10-18)13(14(19)17-16)11-5-3-2-4-6-11/h2-6,20H,7-10,16H2,1H3,(H,17,19). The van der Waals surface area contributed by atoms with Crippen LogP contribution in [-0.2, 0) is 4.79 Å². The second kappa shape index (κ2) is 6.70. The Balaban J connectivity index is 2.28. The minimum absolute atomic E-state index is 0.253. The molecule has 0 unspecified atom stereocenters. The number of benzene rings is 1. The number of carbonyl (C=O) groups excluding carboxylic acids is 1. The lowest BCUT2D eigenvalue weighted by atomic mass is 9.81. The van der Waals surface area contributed by atoms with Crippen LogP contribution in [0.2, 0.25) is 6.82 Å². The largest absolute Gasteiger partial charge is 0.437 e. The molecule has 1 amide bonds. The molecule has 4 N–H and O–H groups in total. The molecule has 0 bridgehead atoms. The number of nitrogens with one attached hydrogen (secondary N) is 1. The number of nitrogens with zero attached hydrogens (tertiary/aromatic N) is 1. The summed E-state index contributed by atoms with van der Waals surface area (Å²) in [4.78, 5) is 14.1. The fourth-order valence-electron chi connectivity index (χ4n) is 2.59. The average Bonchev–Trinajstić information content (AvgIpc) is 2.49. The van der Waals surface area contributed by atoms with Gasteiger partial charge in [0.2, 0.25) is 0 Å². The van der Waals surface area contributed by atoms with Crippen LogP contribution in [0, 0.1) is 0 Å². The van der Waals surface area contributed by atoms with Gasteiger partial charge in [0.05, 0.1) is 0 Å². The first-order valence-electron chi connectivity index (χ1n) is 6.84. The fraction of sp³-hybridized carbons (Fsp3) is 0.357. The summed E-state index contributed by atoms with van der Waals surface area (Å²) in [5, 5.41) is 9.58. The second-order valence-electron chi connectivity index (χ2n) is 4.99. The monoisotopic (exact) mass is 273 g/mol. The van der Waals surface area contributed by atoms with Crippen molar-refractivity contribution in [1.29, 1.82) is 0 Å². The summed E-state index contributed by atoms with van der Waals surface area (Å²) in [6, 6.07) is 9.56. The molecule has 0 aromatic heterocycles. The topological polar surface area (TPSA) is 78.6 Å². The van der Waals surface area contributed by atoms with E-state index in [0.29, 0.717) is 5.57 Å². The van der Waals surface area contributed by atoms with Gasteiger partial charge in [-0.25, -0.2) is 5.84 Å². The Kier molecular flexibility index (Phi) is 4.95. The second-order valence-corrected chi connectivity index (χ2v) is 4.99. The third-order valence-electron chi connectivity index (χ3n) is 3.70. The zero-order chi connectivity index (χ0) is 14.5. The van der Waals surface area contributed by atoms with Crippen molar-refractivity contribution in [2.45, 2.75) is 19.7 Å². The van der Waals surface area contributed by atoms with Gasteiger partial charge < -0.3 is 9.83 Å². The van der Waals surface area contributed by atoms with E-state index in [0.717, 1.165) is 37.1 Å². The smallest absolute Gasteiger partial charge is 0.376 e. The van der Waals surface area contributed by atoms with Gasteiger partial charge in [-0.05, 0) is 38.3 Å². The number of hydrogen-bond acceptors (Lipinski definition) is 4. The summed E-state index contributed by atoms with van der Waals surface area (Å²) in [7, 11) is -0.444. The molecule has 20 heavy (non-hydrogen) atoms. The van der Waals surface area contributed by atoms with Crippen molar-refractivity contribution in [2.75, 3.05) is 13.1 Å². The summed E-state index contributed by atoms with van der Waals surface area (Å²) in [5.41, 5.74) is 4.88. The molecular formula is C14H20BN3O2. The van der Waals surface area contributed by atoms with Crippen molar-refractivity contribution in [3.8, 4) is 0 Å². The molecule has 0 spiro atoms. The van der Waals surface area contributed by atoms with E-state index in [1.807, 2.05) is 35.1 Å². The lowest BCUT2D eigenvalue weighted by molar-refractivity contribution is -0.115. The van der Waals surface area contributed by atoms with Crippen molar-refractivity contribution in [3.63, 3.8) is 0 Å². The van der Waals surface area contributed by atoms with E-state index < -0.39 is 7.05 Å². The minimum atomic E-state index is -0.444. The van der Waals surface area contributed by atoms with E-state index in [2.05, 4.69) is 5.43 Å². The number of nitrogens with two attached hydrogens (primary N) is 1. The van der Waals surface area contributed by atoms with Gasteiger partial charge in [-0.1, -0.05) is 35.9 Å². The van der Waals surface area contributed by atoms with E-state index in [1.54, 1.807) is 6.82 Å². The van der Waals surface area contributed by atoms with Crippen LogP contribution in [0.3, 0.4) is 0 Å². The molecule has 6 heteroatoms. The molecule has 1 aromatic rings. The molecule has 1 fully saturated rings. The predicted octanol–water partition coefficient (Wildman–Crippen LogP) is 0.636. The first kappa shape index (κ1) is 14.8. The van der Waals surface area contributed by atoms with Crippen molar-refractivity contribution >= 4 is 18.5 Å². The third-order valence-corrected chi connectivity index (χ3v) is 3.70. The zero-order valence-corrected chi connectivity index (χ0v) is 11.7. The highest BCUT2D eigenvalue weighted by Gasteiger charge is 2.24. The van der Waals surface area contributed by atoms with Gasteiger partial charge in [-0.3, -0.25) is 10.2 Å². The number of hydrazine groups is 1. The highest BCUT2D eigenvalue weighted by atomic mass is 16.2. The predicted molar refractivity (Wildman–Crippen MR) is 80.3 cm³/mol. The Morgan fingerprint density at radius 3 is 2.40 bits per heavy atom. The lowest BCUT2D eigenvalue weighted by Crippen LogP contribution is -2.42. The lowest BCUT2D eigenvalue weighted by Gasteiger charge is -2.30. The summed E-state index contributed by atoms with van der Waals surface area (Å²) in [6.07, 6.45) is 1.53. The molecule has 1 saturated heterocycles. The van der Waals surface area contributed by atoms with Crippen LogP contribution >= 0.6 is 0 Å². The number of hydrogen-bond donors (Lipinski definition) is 3. The number of rotatable bonds is 3. The maximum absolute atomic E-state index is 12.1. The number of amides is 1. The van der Waals surface area contributed by atoms with Gasteiger partial charge in [-0.2, -0.15) is 0 Å². The van der Waals surface area contributed by atoms with Gasteiger partial charge in [0.25, 0.3) is 5.91 Å². The highest BCUT2D eigenvalue weighted by molar-refractivity contribution is 6.45. The molecule has 0 atom stereocenters. The molecule has 0 saturated carbocycles. The molecule has 5 nitrogen and oxygen atoms in total. The zero-order valence-electron chi connectivity index (χ0n) is 11.7. The molecule has 1 aliphatic rings. The first-order valence-corrected chi connectivity index (χ1v) is 6.84. The number of carbonyl (C=O) groups is 1. The molecule has 1 heterocycles. The van der Waals surface area contributed by atoms with E-state index in [1.165, 1.54) is 0 Å². The van der Waals surface area contributed by atoms with E-state index in [9.17, 15) is 9.82 Å². The van der Waals surface area contributed by atoms with Gasteiger partial charge in [0.1, 0.15) is 0 Å². The van der Waals surface area contributed by atoms with Crippen molar-refractivity contribution in [1.82, 2.24) is 10.2 Å². The molecule has 106 valence electrons. The Labute approximate surface area is 119 Å². The Morgan fingerprint density at radius 2 is 1.90 bits per heavy atom. The number of piperidine rings is 1. The van der Waals surface area contributed by atoms with Crippen LogP contribution in [0.4, 0.5) is 0 Å². The van der Waals surface area contributed by atoms with Crippen LogP contribution in [0.25, 0.3) is 5.57 Å². The summed E-state index contributed by atoms with van der Waals surface area (Å²) < 4.78 is 0. The van der Waals surface area contributed by atoms with Gasteiger partial charge >= 0.3 is 7.05 Å². The molecule has 2 rings (SSSR count). The average molecular weight is 273 g/mol. The van der Waals surface area contributed by atoms with Crippen molar-refractivity contribution in [2.24, 2.45) is 5.84 Å². The molecule has 0 radical (unpaired) electrons. The minimum Gasteiger partial charge on any atom is -0.437 e. The molecule has 1 aromatic carbocycles. The highest BCUT2D eigenvalue weighted by Crippen LogP contribution is 2.27. The van der Waals surface area contributed by atoms with Crippen LogP contribution in [0.15, 0.2) is 35.9 Å². The van der Waals surface area contributed by atoms with Gasteiger partial charge in [0, 0.05) is 5.57 Å². The van der Waals surface area contributed by atoms with E-state index in [-0.39, 0.29) is 5.91 Å². The fourth-order valence-corrected chi connectivity index (χ4v) is 2.59.